The van der Waals surface area contributed by atoms with Gasteiger partial charge in [-0.25, -0.2) is 0 Å². The monoisotopic (exact) mass is 1210 g/mol. The van der Waals surface area contributed by atoms with E-state index in [1.165, 1.54) is 244 Å². The second kappa shape index (κ2) is 66.1. The Labute approximate surface area is 527 Å². The second-order valence-corrected chi connectivity index (χ2v) is 27.3. The molecule has 0 N–H and O–H groups in total. The van der Waals surface area contributed by atoms with Crippen LogP contribution in [0.15, 0.2) is 60.8 Å². The van der Waals surface area contributed by atoms with E-state index in [1.54, 1.807) is 0 Å². The molecule has 0 saturated carbocycles. The summed E-state index contributed by atoms with van der Waals surface area (Å²) in [4.78, 5) is 38.1. The highest BCUT2D eigenvalue weighted by molar-refractivity contribution is 7.45. The summed E-state index contributed by atoms with van der Waals surface area (Å²) in [5.41, 5.74) is 0. The van der Waals surface area contributed by atoms with Crippen molar-refractivity contribution < 1.29 is 42.1 Å². The number of hydrogen-bond acceptors (Lipinski definition) is 8. The molecular weight excluding hydrogens is 1070 g/mol. The number of allylic oxidation sites excluding steroid dienone is 10. The standard InChI is InChI=1S/C75H140NO8P/c1-6-8-10-12-14-16-18-20-22-24-26-28-30-32-33-34-35-36-37-38-39-40-41-42-44-45-47-49-51-53-55-57-59-61-63-65-67-74(77)81-71-73(72-83-85(79,80)82-70-69-76(3,4)5)84-75(78)68-66-64-62-60-58-56-54-52-50-48-46-43-31-29-27-25-23-21-19-17-15-13-11-9-7-2/h9,11,15,17,21,23,27,29,43,46,73H,6-8,10,12-14,16,18-20,22,24-26,28,30-42,44-45,47-72H2,1-5H3/b11-9-,17-15-,23-21-,29-27-,46-43-. The number of ether oxygens (including phenoxy) is 2. The lowest BCUT2D eigenvalue weighted by Crippen LogP contribution is -2.37. The lowest BCUT2D eigenvalue weighted by Gasteiger charge is -2.28. The summed E-state index contributed by atoms with van der Waals surface area (Å²) >= 11 is 0. The van der Waals surface area contributed by atoms with Crippen molar-refractivity contribution in [2.45, 2.75) is 360 Å². The van der Waals surface area contributed by atoms with Crippen LogP contribution in [0, 0.1) is 0 Å². The molecule has 0 rings (SSSR count). The lowest BCUT2D eigenvalue weighted by molar-refractivity contribution is -0.870. The Morgan fingerprint density at radius 1 is 0.376 bits per heavy atom. The van der Waals surface area contributed by atoms with E-state index in [-0.39, 0.29) is 32.0 Å². The molecule has 0 aromatic rings. The van der Waals surface area contributed by atoms with Crippen LogP contribution in [0.4, 0.5) is 0 Å². The first-order valence-corrected chi connectivity index (χ1v) is 38.0. The van der Waals surface area contributed by atoms with Crippen LogP contribution in [0.3, 0.4) is 0 Å². The molecule has 0 aliphatic carbocycles. The average molecular weight is 1210 g/mol. The predicted octanol–water partition coefficient (Wildman–Crippen LogP) is 23.1. The second-order valence-electron chi connectivity index (χ2n) is 25.9. The number of unbranched alkanes of at least 4 members (excludes halogenated alkanes) is 44. The minimum Gasteiger partial charge on any atom is -0.756 e. The van der Waals surface area contributed by atoms with Crippen LogP contribution in [0.1, 0.15) is 354 Å². The molecule has 0 spiro atoms. The third-order valence-electron chi connectivity index (χ3n) is 16.3. The highest BCUT2D eigenvalue weighted by Gasteiger charge is 2.22. The number of carbonyl (C=O) groups is 2. The minimum absolute atomic E-state index is 0.0324. The zero-order chi connectivity index (χ0) is 61.9. The fraction of sp³-hybridized carbons (Fsp3) is 0.840. The van der Waals surface area contributed by atoms with Gasteiger partial charge in [0.2, 0.25) is 0 Å². The molecule has 9 nitrogen and oxygen atoms in total. The highest BCUT2D eigenvalue weighted by Crippen LogP contribution is 2.38. The van der Waals surface area contributed by atoms with Crippen LogP contribution in [-0.2, 0) is 32.7 Å². The minimum atomic E-state index is -4.64. The van der Waals surface area contributed by atoms with E-state index < -0.39 is 26.5 Å². The number of nitrogens with zero attached hydrogens (tertiary/aromatic N) is 1. The first-order chi connectivity index (χ1) is 41.5. The first kappa shape index (κ1) is 82.7. The Hall–Kier alpha value is -2.29. The third kappa shape index (κ3) is 70.7. The summed E-state index contributed by atoms with van der Waals surface area (Å²) in [6.07, 6.45) is 87.6. The summed E-state index contributed by atoms with van der Waals surface area (Å²) in [5, 5.41) is 0. The van der Waals surface area contributed by atoms with Gasteiger partial charge < -0.3 is 27.9 Å². The van der Waals surface area contributed by atoms with E-state index in [9.17, 15) is 19.0 Å². The van der Waals surface area contributed by atoms with Crippen molar-refractivity contribution in [3.05, 3.63) is 60.8 Å². The molecule has 0 aromatic heterocycles. The largest absolute Gasteiger partial charge is 0.756 e. The Balaban J connectivity index is 3.95. The third-order valence-corrected chi connectivity index (χ3v) is 17.3. The van der Waals surface area contributed by atoms with Gasteiger partial charge in [0.05, 0.1) is 27.7 Å². The number of quaternary nitrogens is 1. The van der Waals surface area contributed by atoms with E-state index in [4.69, 9.17) is 18.5 Å². The molecule has 0 aliphatic rings. The van der Waals surface area contributed by atoms with Crippen LogP contribution >= 0.6 is 7.82 Å². The lowest BCUT2D eigenvalue weighted by atomic mass is 10.0. The van der Waals surface area contributed by atoms with Crippen molar-refractivity contribution in [3.63, 3.8) is 0 Å². The maximum absolute atomic E-state index is 12.9. The number of phosphoric acid groups is 1. The van der Waals surface area contributed by atoms with Crippen LogP contribution in [0.5, 0.6) is 0 Å². The van der Waals surface area contributed by atoms with Gasteiger partial charge in [0.1, 0.15) is 19.8 Å². The van der Waals surface area contributed by atoms with Gasteiger partial charge in [0.15, 0.2) is 6.10 Å². The molecule has 0 bridgehead atoms. The van der Waals surface area contributed by atoms with Crippen molar-refractivity contribution in [1.82, 2.24) is 0 Å². The summed E-state index contributed by atoms with van der Waals surface area (Å²) < 4.78 is 34.3. The molecule has 498 valence electrons. The fourth-order valence-electron chi connectivity index (χ4n) is 10.7. The molecule has 0 radical (unpaired) electrons. The predicted molar refractivity (Wildman–Crippen MR) is 365 cm³/mol. The number of rotatable bonds is 68. The average Bonchev–Trinajstić information content (AvgIpc) is 3.54. The zero-order valence-corrected chi connectivity index (χ0v) is 57.7. The Kier molecular flexibility index (Phi) is 64.4. The zero-order valence-electron chi connectivity index (χ0n) is 56.8. The van der Waals surface area contributed by atoms with Gasteiger partial charge in [-0.3, -0.25) is 14.2 Å². The normalized spacial score (nSPS) is 13.4. The number of esters is 2. The molecule has 0 heterocycles. The topological polar surface area (TPSA) is 111 Å². The molecule has 0 saturated heterocycles. The summed E-state index contributed by atoms with van der Waals surface area (Å²) in [6.45, 7) is 4.17. The smallest absolute Gasteiger partial charge is 0.306 e. The number of phosphoric ester groups is 1. The van der Waals surface area contributed by atoms with E-state index in [0.717, 1.165) is 77.0 Å². The van der Waals surface area contributed by atoms with E-state index in [0.29, 0.717) is 17.4 Å². The van der Waals surface area contributed by atoms with Crippen molar-refractivity contribution in [1.29, 1.82) is 0 Å². The van der Waals surface area contributed by atoms with Crippen LogP contribution in [0.2, 0.25) is 0 Å². The number of likely N-dealkylation sites (N-methyl/N-ethyl adjacent to an activating group) is 1. The first-order valence-electron chi connectivity index (χ1n) is 36.5. The molecule has 10 heteroatoms. The number of hydrogen-bond donors (Lipinski definition) is 0. The van der Waals surface area contributed by atoms with Gasteiger partial charge in [0, 0.05) is 12.8 Å². The van der Waals surface area contributed by atoms with Gasteiger partial charge in [-0.2, -0.15) is 0 Å². The molecule has 0 fully saturated rings. The Morgan fingerprint density at radius 3 is 1.00 bits per heavy atom. The van der Waals surface area contributed by atoms with Crippen LogP contribution in [0.25, 0.3) is 0 Å². The molecule has 0 aromatic carbocycles. The molecule has 2 atom stereocenters. The summed E-state index contributed by atoms with van der Waals surface area (Å²) in [7, 11) is 1.17. The SMILES string of the molecule is CC/C=C\C/C=C\C/C=C\C/C=C\C/C=C\CCCCCCCCCCCC(=O)OC(COC(=O)CCCCCCCCCCCCCCCCCCCCCCCCCCCCCCCCCCCCCC)COP(=O)([O-])OCC[N+](C)(C)C. The van der Waals surface area contributed by atoms with Gasteiger partial charge in [-0.05, 0) is 57.8 Å². The van der Waals surface area contributed by atoms with Gasteiger partial charge in [-0.15, -0.1) is 0 Å². The fourth-order valence-corrected chi connectivity index (χ4v) is 11.5. The van der Waals surface area contributed by atoms with Gasteiger partial charge in [-0.1, -0.05) is 344 Å². The van der Waals surface area contributed by atoms with Crippen LogP contribution < -0.4 is 4.89 Å². The maximum atomic E-state index is 12.9. The maximum Gasteiger partial charge on any atom is 0.306 e. The van der Waals surface area contributed by atoms with Crippen LogP contribution in [-0.4, -0.2) is 70.0 Å². The van der Waals surface area contributed by atoms with E-state index >= 15 is 0 Å². The Morgan fingerprint density at radius 2 is 0.671 bits per heavy atom. The molecule has 2 unspecified atom stereocenters. The van der Waals surface area contributed by atoms with Crippen molar-refractivity contribution in [3.8, 4) is 0 Å². The summed E-state index contributed by atoms with van der Waals surface area (Å²) in [6, 6.07) is 0. The van der Waals surface area contributed by atoms with E-state index in [2.05, 4.69) is 74.6 Å². The molecule has 85 heavy (non-hydrogen) atoms. The molecular formula is C75H140NO8P. The number of carbonyl (C=O) groups excluding carboxylic acids is 2. The van der Waals surface area contributed by atoms with E-state index in [1.807, 2.05) is 21.1 Å². The van der Waals surface area contributed by atoms with Gasteiger partial charge in [0.25, 0.3) is 7.82 Å². The Bertz CT molecular complexity index is 1620. The van der Waals surface area contributed by atoms with Gasteiger partial charge >= 0.3 is 11.9 Å². The quantitative estimate of drug-likeness (QED) is 0.0195. The van der Waals surface area contributed by atoms with Crippen molar-refractivity contribution in [2.24, 2.45) is 0 Å². The van der Waals surface area contributed by atoms with Crippen molar-refractivity contribution in [2.75, 3.05) is 47.5 Å². The molecule has 0 amide bonds. The highest BCUT2D eigenvalue weighted by atomic mass is 31.2. The molecule has 0 aliphatic heterocycles. The van der Waals surface area contributed by atoms with Crippen molar-refractivity contribution >= 4 is 19.8 Å². The summed E-state index contributed by atoms with van der Waals surface area (Å²) in [5.74, 6) is -0.826.